The summed E-state index contributed by atoms with van der Waals surface area (Å²) in [5.74, 6) is 4.37. The summed E-state index contributed by atoms with van der Waals surface area (Å²) in [6, 6.07) is 0. The third kappa shape index (κ3) is 2.53. The molecule has 3 fully saturated rings. The number of hydrogen-bond acceptors (Lipinski definition) is 3. The van der Waals surface area contributed by atoms with Gasteiger partial charge in [-0.25, -0.2) is 5.43 Å². The van der Waals surface area contributed by atoms with E-state index < -0.39 is 5.60 Å². The summed E-state index contributed by atoms with van der Waals surface area (Å²) in [5, 5.41) is 12.7. The predicted octanol–water partition coefficient (Wildman–Crippen LogP) is 4.26. The molecule has 2 N–H and O–H groups in total. The van der Waals surface area contributed by atoms with E-state index in [1.54, 1.807) is 5.57 Å². The van der Waals surface area contributed by atoms with Crippen LogP contribution in [0.4, 0.5) is 0 Å². The zero-order chi connectivity index (χ0) is 18.1. The molecule has 5 rings (SSSR count). The first kappa shape index (κ1) is 17.3. The Hall–Kier alpha value is -0.800. The Labute approximate surface area is 158 Å². The van der Waals surface area contributed by atoms with Gasteiger partial charge in [0.25, 0.3) is 0 Å². The van der Waals surface area contributed by atoms with E-state index in [2.05, 4.69) is 43.6 Å². The first-order chi connectivity index (χ1) is 12.4. The van der Waals surface area contributed by atoms with Crippen LogP contribution in [0, 0.1) is 35.0 Å². The van der Waals surface area contributed by atoms with Gasteiger partial charge in [-0.3, -0.25) is 0 Å². The van der Waals surface area contributed by atoms with Gasteiger partial charge in [0.1, 0.15) is 0 Å². The molecule has 2 unspecified atom stereocenters. The van der Waals surface area contributed by atoms with Crippen LogP contribution >= 0.6 is 0 Å². The summed E-state index contributed by atoms with van der Waals surface area (Å²) in [5.41, 5.74) is 6.62. The molecular weight excluding hydrogens is 320 g/mol. The van der Waals surface area contributed by atoms with Crippen molar-refractivity contribution in [3.8, 4) is 0 Å². The Bertz CT molecular complexity index is 651. The maximum Gasteiger partial charge on any atom is 0.0622 e. The molecule has 0 radical (unpaired) electrons. The van der Waals surface area contributed by atoms with E-state index in [4.69, 9.17) is 0 Å². The predicted molar refractivity (Wildman–Crippen MR) is 105 cm³/mol. The zero-order valence-electron chi connectivity index (χ0n) is 16.8. The summed E-state index contributed by atoms with van der Waals surface area (Å²) in [6.07, 6.45) is 15.1. The molecule has 7 atom stereocenters. The normalized spacial score (nSPS) is 50.6. The van der Waals surface area contributed by atoms with Gasteiger partial charge < -0.3 is 10.1 Å². The van der Waals surface area contributed by atoms with E-state index >= 15 is 0 Å². The largest absolute Gasteiger partial charge is 0.390 e. The highest BCUT2D eigenvalue weighted by Crippen LogP contribution is 2.64. The minimum absolute atomic E-state index is 0.396. The fourth-order valence-electron chi connectivity index (χ4n) is 7.85. The molecule has 144 valence electrons. The Kier molecular flexibility index (Phi) is 3.89. The lowest BCUT2D eigenvalue weighted by molar-refractivity contribution is -0.0907. The number of aliphatic hydroxyl groups is 1. The minimum Gasteiger partial charge on any atom is -0.390 e. The third-order valence-electron chi connectivity index (χ3n) is 9.03. The number of hydrogen-bond donors (Lipinski definition) is 2. The average Bonchev–Trinajstić information content (AvgIpc) is 3.16. The first-order valence-electron chi connectivity index (χ1n) is 11.0. The van der Waals surface area contributed by atoms with Gasteiger partial charge in [0, 0.05) is 19.8 Å². The third-order valence-corrected chi connectivity index (χ3v) is 9.03. The lowest BCUT2D eigenvalue weighted by atomic mass is 9.49. The zero-order valence-corrected chi connectivity index (χ0v) is 16.8. The topological polar surface area (TPSA) is 35.5 Å². The van der Waals surface area contributed by atoms with Crippen molar-refractivity contribution in [3.05, 3.63) is 23.4 Å². The van der Waals surface area contributed by atoms with E-state index in [1.165, 1.54) is 44.1 Å². The van der Waals surface area contributed by atoms with Crippen LogP contribution in [-0.4, -0.2) is 29.3 Å². The van der Waals surface area contributed by atoms with Crippen molar-refractivity contribution in [2.45, 2.75) is 70.8 Å². The highest BCUT2D eigenvalue weighted by atomic mass is 16.3. The molecular formula is C23H36N2O. The monoisotopic (exact) mass is 356 g/mol. The molecule has 3 heteroatoms. The van der Waals surface area contributed by atoms with E-state index in [0.717, 1.165) is 49.0 Å². The molecule has 0 aromatic heterocycles. The second kappa shape index (κ2) is 5.85. The number of allylic oxidation sites excluding steroid dienone is 1. The van der Waals surface area contributed by atoms with Gasteiger partial charge in [-0.05, 0) is 104 Å². The molecule has 0 spiro atoms. The van der Waals surface area contributed by atoms with Crippen molar-refractivity contribution in [3.63, 3.8) is 0 Å². The molecule has 26 heavy (non-hydrogen) atoms. The van der Waals surface area contributed by atoms with E-state index in [1.807, 2.05) is 0 Å². The Morgan fingerprint density at radius 3 is 2.65 bits per heavy atom. The van der Waals surface area contributed by atoms with Crippen molar-refractivity contribution in [1.82, 2.24) is 10.4 Å². The molecule has 1 aliphatic heterocycles. The number of fused-ring (bicyclic) bond motifs is 5. The summed E-state index contributed by atoms with van der Waals surface area (Å²) in [6.45, 7) is 5.64. The van der Waals surface area contributed by atoms with E-state index in [9.17, 15) is 5.11 Å². The molecule has 4 aliphatic carbocycles. The average molecular weight is 357 g/mol. The van der Waals surface area contributed by atoms with Crippen LogP contribution in [0.3, 0.4) is 0 Å². The van der Waals surface area contributed by atoms with Gasteiger partial charge >= 0.3 is 0 Å². The molecule has 3 saturated carbocycles. The van der Waals surface area contributed by atoms with Crippen LogP contribution in [0.1, 0.15) is 65.2 Å². The van der Waals surface area contributed by atoms with Gasteiger partial charge in [-0.2, -0.15) is 0 Å². The van der Waals surface area contributed by atoms with Crippen LogP contribution in [-0.2, 0) is 0 Å². The highest BCUT2D eigenvalue weighted by molar-refractivity contribution is 5.43. The Morgan fingerprint density at radius 2 is 1.88 bits per heavy atom. The van der Waals surface area contributed by atoms with Crippen LogP contribution in [0.25, 0.3) is 0 Å². The summed E-state index contributed by atoms with van der Waals surface area (Å²) in [4.78, 5) is 0. The maximum atomic E-state index is 10.6. The van der Waals surface area contributed by atoms with Crippen molar-refractivity contribution >= 4 is 0 Å². The second-order valence-corrected chi connectivity index (χ2v) is 10.6. The van der Waals surface area contributed by atoms with Crippen LogP contribution in [0.15, 0.2) is 23.4 Å². The standard InChI is InChI=1S/C23H36N2O/c1-22(26)10-8-17-15(12-22)4-5-19-18(17)9-11-23(2)20(6-7-21(19)23)16-13-24-25(3)14-16/h6,14-15,17-19,21,24,26H,4-5,7-13H2,1-3H3/t15-,17+,18?,19-,21?,22-,23-/m1/s1. The van der Waals surface area contributed by atoms with Crippen molar-refractivity contribution < 1.29 is 5.11 Å². The number of hydrazine groups is 1. The summed E-state index contributed by atoms with van der Waals surface area (Å²) >= 11 is 0. The molecule has 0 amide bonds. The quantitative estimate of drug-likeness (QED) is 0.737. The highest BCUT2D eigenvalue weighted by Gasteiger charge is 2.55. The van der Waals surface area contributed by atoms with Crippen molar-refractivity contribution in [2.75, 3.05) is 13.6 Å². The fourth-order valence-corrected chi connectivity index (χ4v) is 7.85. The molecule has 0 aromatic rings. The van der Waals surface area contributed by atoms with Crippen LogP contribution in [0.5, 0.6) is 0 Å². The molecule has 5 aliphatic rings. The van der Waals surface area contributed by atoms with Crippen LogP contribution < -0.4 is 5.43 Å². The molecule has 3 nitrogen and oxygen atoms in total. The molecule has 0 bridgehead atoms. The molecule has 1 heterocycles. The SMILES string of the molecule is CN1C=C(C2=CCC3[C@@H]4CC[C@@H]5C[C@](C)(O)CC[C@@H]5C4CC[C@]23C)CN1. The Morgan fingerprint density at radius 1 is 1.08 bits per heavy atom. The number of nitrogens with one attached hydrogen (secondary N) is 1. The first-order valence-corrected chi connectivity index (χ1v) is 11.0. The van der Waals surface area contributed by atoms with Gasteiger partial charge in [0.05, 0.1) is 5.60 Å². The minimum atomic E-state index is -0.396. The smallest absolute Gasteiger partial charge is 0.0622 e. The molecule has 0 saturated heterocycles. The van der Waals surface area contributed by atoms with Crippen molar-refractivity contribution in [1.29, 1.82) is 0 Å². The van der Waals surface area contributed by atoms with Gasteiger partial charge in [0.15, 0.2) is 0 Å². The van der Waals surface area contributed by atoms with Gasteiger partial charge in [0.2, 0.25) is 0 Å². The maximum absolute atomic E-state index is 10.6. The lowest BCUT2D eigenvalue weighted by Crippen LogP contribution is -2.50. The van der Waals surface area contributed by atoms with E-state index in [0.29, 0.717) is 5.41 Å². The summed E-state index contributed by atoms with van der Waals surface area (Å²) in [7, 11) is 2.11. The second-order valence-electron chi connectivity index (χ2n) is 10.6. The lowest BCUT2D eigenvalue weighted by Gasteiger charge is -2.56. The fraction of sp³-hybridized carbons (Fsp3) is 0.826. The number of rotatable bonds is 1. The van der Waals surface area contributed by atoms with E-state index in [-0.39, 0.29) is 0 Å². The summed E-state index contributed by atoms with van der Waals surface area (Å²) < 4.78 is 0. The van der Waals surface area contributed by atoms with Crippen molar-refractivity contribution in [2.24, 2.45) is 35.0 Å². The van der Waals surface area contributed by atoms with Crippen LogP contribution in [0.2, 0.25) is 0 Å². The Balaban J connectivity index is 1.37. The molecule has 0 aromatic carbocycles. The number of nitrogens with zero attached hydrogens (tertiary/aromatic N) is 1. The van der Waals surface area contributed by atoms with Gasteiger partial charge in [-0.15, -0.1) is 0 Å². The van der Waals surface area contributed by atoms with Gasteiger partial charge in [-0.1, -0.05) is 13.0 Å².